The van der Waals surface area contributed by atoms with Crippen LogP contribution in [0, 0.1) is 0 Å². The van der Waals surface area contributed by atoms with Crippen molar-refractivity contribution in [1.29, 1.82) is 0 Å². The molecule has 0 aromatic heterocycles. The summed E-state index contributed by atoms with van der Waals surface area (Å²) in [5.74, 6) is -0.0315. The summed E-state index contributed by atoms with van der Waals surface area (Å²) < 4.78 is 5.82. The van der Waals surface area contributed by atoms with E-state index in [9.17, 15) is 9.90 Å². The molecular formula is C25H32O3. The lowest BCUT2D eigenvalue weighted by molar-refractivity contribution is 0.0696. The van der Waals surface area contributed by atoms with Crippen molar-refractivity contribution >= 4 is 18.1 Å². The van der Waals surface area contributed by atoms with Gasteiger partial charge in [-0.2, -0.15) is 0 Å². The Balaban J connectivity index is 1.71. The van der Waals surface area contributed by atoms with E-state index in [0.29, 0.717) is 11.1 Å². The Morgan fingerprint density at radius 3 is 2.18 bits per heavy atom. The molecule has 0 aliphatic heterocycles. The van der Waals surface area contributed by atoms with Gasteiger partial charge in [0.2, 0.25) is 0 Å². The molecule has 3 nitrogen and oxygen atoms in total. The molecule has 150 valence electrons. The third-order valence-electron chi connectivity index (χ3n) is 4.79. The third-order valence-corrected chi connectivity index (χ3v) is 4.79. The number of carboxylic acids is 1. The number of rotatable bonds is 13. The monoisotopic (exact) mass is 380 g/mol. The average molecular weight is 381 g/mol. The number of ether oxygens (including phenoxy) is 1. The van der Waals surface area contributed by atoms with Gasteiger partial charge in [0.05, 0.1) is 12.2 Å². The van der Waals surface area contributed by atoms with Gasteiger partial charge in [0.25, 0.3) is 0 Å². The second kappa shape index (κ2) is 12.8. The summed E-state index contributed by atoms with van der Waals surface area (Å²) >= 11 is 0. The summed E-state index contributed by atoms with van der Waals surface area (Å²) in [6.07, 6.45) is 14.1. The molecule has 0 radical (unpaired) electrons. The number of benzene rings is 2. The normalized spacial score (nSPS) is 11.0. The maximum absolute atomic E-state index is 11.3. The van der Waals surface area contributed by atoms with Gasteiger partial charge < -0.3 is 9.84 Å². The standard InChI is InChI=1S/C25H32O3/c1-2-3-4-5-6-7-8-11-20-28-23-18-15-21(16-19-23)14-17-22-12-9-10-13-24(22)25(26)27/h9-10,12-19H,2-8,11,20H2,1H3,(H,26,27). The highest BCUT2D eigenvalue weighted by Crippen LogP contribution is 2.17. The molecule has 2 rings (SSSR count). The van der Waals surface area contributed by atoms with E-state index in [0.717, 1.165) is 24.3 Å². The lowest BCUT2D eigenvalue weighted by Gasteiger charge is -2.06. The summed E-state index contributed by atoms with van der Waals surface area (Å²) in [7, 11) is 0. The van der Waals surface area contributed by atoms with Crippen LogP contribution in [0.1, 0.15) is 79.8 Å². The van der Waals surface area contributed by atoms with Crippen molar-refractivity contribution in [2.24, 2.45) is 0 Å². The molecule has 0 fully saturated rings. The summed E-state index contributed by atoms with van der Waals surface area (Å²) in [6.45, 7) is 3.01. The molecule has 0 heterocycles. The molecule has 0 spiro atoms. The topological polar surface area (TPSA) is 46.5 Å². The molecule has 0 unspecified atom stereocenters. The van der Waals surface area contributed by atoms with Crippen molar-refractivity contribution in [3.63, 3.8) is 0 Å². The highest BCUT2D eigenvalue weighted by Gasteiger charge is 2.05. The smallest absolute Gasteiger partial charge is 0.336 e. The molecule has 3 heteroatoms. The highest BCUT2D eigenvalue weighted by molar-refractivity contribution is 5.93. The molecule has 0 atom stereocenters. The number of aromatic carboxylic acids is 1. The van der Waals surface area contributed by atoms with Crippen LogP contribution >= 0.6 is 0 Å². The van der Waals surface area contributed by atoms with Crippen molar-refractivity contribution in [3.05, 3.63) is 65.2 Å². The summed E-state index contributed by atoms with van der Waals surface area (Å²) in [4.78, 5) is 11.3. The molecule has 0 amide bonds. The SMILES string of the molecule is CCCCCCCCCCOc1ccc(C=Cc2ccccc2C(=O)O)cc1. The predicted molar refractivity (Wildman–Crippen MR) is 117 cm³/mol. The number of hydrogen-bond acceptors (Lipinski definition) is 2. The molecule has 1 N–H and O–H groups in total. The van der Waals surface area contributed by atoms with Gasteiger partial charge in [-0.1, -0.05) is 94.4 Å². The van der Waals surface area contributed by atoms with Gasteiger partial charge in [0.15, 0.2) is 0 Å². The van der Waals surface area contributed by atoms with Crippen LogP contribution in [-0.4, -0.2) is 17.7 Å². The fourth-order valence-electron chi connectivity index (χ4n) is 3.12. The van der Waals surface area contributed by atoms with E-state index in [-0.39, 0.29) is 0 Å². The first-order chi connectivity index (χ1) is 13.7. The van der Waals surface area contributed by atoms with Gasteiger partial charge in [-0.3, -0.25) is 0 Å². The van der Waals surface area contributed by atoms with E-state index in [1.54, 1.807) is 18.2 Å². The summed E-state index contributed by atoms with van der Waals surface area (Å²) in [5, 5.41) is 9.23. The first-order valence-corrected chi connectivity index (χ1v) is 10.4. The summed E-state index contributed by atoms with van der Waals surface area (Å²) in [6, 6.07) is 14.9. The van der Waals surface area contributed by atoms with E-state index >= 15 is 0 Å². The van der Waals surface area contributed by atoms with Crippen LogP contribution in [0.15, 0.2) is 48.5 Å². The van der Waals surface area contributed by atoms with Crippen LogP contribution in [0.2, 0.25) is 0 Å². The van der Waals surface area contributed by atoms with E-state index in [1.807, 2.05) is 42.5 Å². The molecule has 0 saturated carbocycles. The zero-order chi connectivity index (χ0) is 20.0. The van der Waals surface area contributed by atoms with Gasteiger partial charge in [0, 0.05) is 0 Å². The Hall–Kier alpha value is -2.55. The average Bonchev–Trinajstić information content (AvgIpc) is 2.72. The van der Waals surface area contributed by atoms with Crippen LogP contribution in [0.5, 0.6) is 5.75 Å². The number of carboxylic acid groups (broad SMARTS) is 1. The van der Waals surface area contributed by atoms with Crippen molar-refractivity contribution in [1.82, 2.24) is 0 Å². The highest BCUT2D eigenvalue weighted by atomic mass is 16.5. The zero-order valence-corrected chi connectivity index (χ0v) is 16.9. The first-order valence-electron chi connectivity index (χ1n) is 10.4. The number of hydrogen-bond donors (Lipinski definition) is 1. The molecule has 2 aromatic carbocycles. The minimum atomic E-state index is -0.912. The Morgan fingerprint density at radius 1 is 0.857 bits per heavy atom. The van der Waals surface area contributed by atoms with Gasteiger partial charge in [-0.05, 0) is 35.7 Å². The predicted octanol–water partition coefficient (Wildman–Crippen LogP) is 7.07. The zero-order valence-electron chi connectivity index (χ0n) is 16.9. The number of unbranched alkanes of at least 4 members (excludes halogenated alkanes) is 7. The Bertz CT molecular complexity index is 732. The van der Waals surface area contributed by atoms with E-state index < -0.39 is 5.97 Å². The van der Waals surface area contributed by atoms with Crippen molar-refractivity contribution in [2.75, 3.05) is 6.61 Å². The quantitative estimate of drug-likeness (QED) is 0.298. The van der Waals surface area contributed by atoms with Crippen LogP contribution in [0.4, 0.5) is 0 Å². The maximum Gasteiger partial charge on any atom is 0.336 e. The Morgan fingerprint density at radius 2 is 1.50 bits per heavy atom. The van der Waals surface area contributed by atoms with E-state index in [4.69, 9.17) is 4.74 Å². The minimum absolute atomic E-state index is 0.309. The molecule has 0 aliphatic carbocycles. The van der Waals surface area contributed by atoms with E-state index in [2.05, 4.69) is 6.92 Å². The Kier molecular flexibility index (Phi) is 9.92. The minimum Gasteiger partial charge on any atom is -0.494 e. The Labute approximate surface area is 169 Å². The van der Waals surface area contributed by atoms with Crippen LogP contribution in [-0.2, 0) is 0 Å². The van der Waals surface area contributed by atoms with Gasteiger partial charge >= 0.3 is 5.97 Å². The maximum atomic E-state index is 11.3. The van der Waals surface area contributed by atoms with Crippen molar-refractivity contribution < 1.29 is 14.6 Å². The van der Waals surface area contributed by atoms with Crippen molar-refractivity contribution in [2.45, 2.75) is 58.3 Å². The van der Waals surface area contributed by atoms with Crippen LogP contribution in [0.25, 0.3) is 12.2 Å². The van der Waals surface area contributed by atoms with Crippen LogP contribution in [0.3, 0.4) is 0 Å². The molecule has 28 heavy (non-hydrogen) atoms. The molecular weight excluding hydrogens is 348 g/mol. The summed E-state index contributed by atoms with van der Waals surface area (Å²) in [5.41, 5.74) is 2.02. The lowest BCUT2D eigenvalue weighted by Crippen LogP contribution is -1.98. The first kappa shape index (κ1) is 21.7. The third kappa shape index (κ3) is 7.99. The van der Waals surface area contributed by atoms with Gasteiger partial charge in [-0.25, -0.2) is 4.79 Å². The number of carbonyl (C=O) groups is 1. The van der Waals surface area contributed by atoms with Gasteiger partial charge in [0.1, 0.15) is 5.75 Å². The molecule has 0 aliphatic rings. The largest absolute Gasteiger partial charge is 0.494 e. The lowest BCUT2D eigenvalue weighted by atomic mass is 10.1. The second-order valence-corrected chi connectivity index (χ2v) is 7.12. The van der Waals surface area contributed by atoms with Gasteiger partial charge in [-0.15, -0.1) is 0 Å². The van der Waals surface area contributed by atoms with Crippen molar-refractivity contribution in [3.8, 4) is 5.75 Å². The second-order valence-electron chi connectivity index (χ2n) is 7.12. The molecule has 0 bridgehead atoms. The molecule has 0 saturated heterocycles. The molecule has 2 aromatic rings. The van der Waals surface area contributed by atoms with E-state index in [1.165, 1.54) is 44.9 Å². The fourth-order valence-corrected chi connectivity index (χ4v) is 3.12. The van der Waals surface area contributed by atoms with Crippen LogP contribution < -0.4 is 4.74 Å². The fraction of sp³-hybridized carbons (Fsp3) is 0.400.